The molecule has 0 aliphatic heterocycles. The molecule has 2 fully saturated rings. The Kier molecular flexibility index (Phi) is 5.72. The summed E-state index contributed by atoms with van der Waals surface area (Å²) in [5.74, 6) is 4.12. The lowest BCUT2D eigenvalue weighted by atomic mass is 9.63. The molecule has 144 valence electrons. The number of halogens is 1. The largest absolute Gasteiger partial charge is 0.207 e. The standard InChI is InChI=1S/C25H37F/c1-3-5-18-7-9-20-14-22(11-10-19(20)13-18)24-15-21-8-6-17(4-2)12-23(21)16-25(24)26/h15-20,22H,3-14H2,1-2H3. The van der Waals surface area contributed by atoms with Crippen LogP contribution in [0.15, 0.2) is 12.1 Å². The molecule has 2 saturated carbocycles. The molecule has 1 heteroatoms. The van der Waals surface area contributed by atoms with E-state index in [1.807, 2.05) is 6.07 Å². The van der Waals surface area contributed by atoms with E-state index in [0.29, 0.717) is 5.92 Å². The molecule has 0 nitrogen and oxygen atoms in total. The van der Waals surface area contributed by atoms with Crippen LogP contribution in [0.5, 0.6) is 0 Å². The van der Waals surface area contributed by atoms with Gasteiger partial charge >= 0.3 is 0 Å². The number of rotatable bonds is 4. The summed E-state index contributed by atoms with van der Waals surface area (Å²) in [6.45, 7) is 4.60. The predicted molar refractivity (Wildman–Crippen MR) is 108 cm³/mol. The van der Waals surface area contributed by atoms with E-state index < -0.39 is 0 Å². The highest BCUT2D eigenvalue weighted by Gasteiger charge is 2.36. The van der Waals surface area contributed by atoms with E-state index in [4.69, 9.17) is 0 Å². The fraction of sp³-hybridized carbons (Fsp3) is 0.760. The van der Waals surface area contributed by atoms with Crippen LogP contribution in [0.3, 0.4) is 0 Å². The van der Waals surface area contributed by atoms with Crippen molar-refractivity contribution in [1.82, 2.24) is 0 Å². The van der Waals surface area contributed by atoms with Gasteiger partial charge in [-0.05, 0) is 104 Å². The summed E-state index contributed by atoms with van der Waals surface area (Å²) in [5.41, 5.74) is 3.82. The molecule has 0 spiro atoms. The van der Waals surface area contributed by atoms with E-state index in [2.05, 4.69) is 19.9 Å². The molecular formula is C25H37F. The zero-order valence-corrected chi connectivity index (χ0v) is 16.9. The summed E-state index contributed by atoms with van der Waals surface area (Å²) in [7, 11) is 0. The molecule has 0 aromatic heterocycles. The second kappa shape index (κ2) is 8.03. The molecule has 3 aliphatic rings. The maximum Gasteiger partial charge on any atom is 0.126 e. The SMILES string of the molecule is CCCC1CCC2CC(c3cc4c(cc3F)CC(CC)CC4)CCC2C1. The highest BCUT2D eigenvalue weighted by atomic mass is 19.1. The Hall–Kier alpha value is -0.850. The number of hydrogen-bond donors (Lipinski definition) is 0. The van der Waals surface area contributed by atoms with Gasteiger partial charge in [-0.3, -0.25) is 0 Å². The van der Waals surface area contributed by atoms with Crippen molar-refractivity contribution in [3.05, 3.63) is 34.6 Å². The Morgan fingerprint density at radius 3 is 2.50 bits per heavy atom. The van der Waals surface area contributed by atoms with Crippen molar-refractivity contribution in [3.8, 4) is 0 Å². The first-order valence-electron chi connectivity index (χ1n) is 11.5. The van der Waals surface area contributed by atoms with Crippen molar-refractivity contribution in [1.29, 1.82) is 0 Å². The van der Waals surface area contributed by atoms with Crippen molar-refractivity contribution in [2.24, 2.45) is 23.7 Å². The number of aryl methyl sites for hydroxylation is 1. The minimum Gasteiger partial charge on any atom is -0.207 e. The summed E-state index contributed by atoms with van der Waals surface area (Å²) < 4.78 is 15.0. The highest BCUT2D eigenvalue weighted by molar-refractivity contribution is 5.37. The smallest absolute Gasteiger partial charge is 0.126 e. The highest BCUT2D eigenvalue weighted by Crippen LogP contribution is 2.49. The maximum atomic E-state index is 15.0. The Bertz CT molecular complexity index is 619. The zero-order valence-electron chi connectivity index (χ0n) is 16.9. The van der Waals surface area contributed by atoms with Gasteiger partial charge in [-0.15, -0.1) is 0 Å². The van der Waals surface area contributed by atoms with Crippen molar-refractivity contribution in [3.63, 3.8) is 0 Å². The average Bonchev–Trinajstić information content (AvgIpc) is 2.67. The monoisotopic (exact) mass is 356 g/mol. The van der Waals surface area contributed by atoms with Crippen molar-refractivity contribution >= 4 is 0 Å². The van der Waals surface area contributed by atoms with E-state index in [-0.39, 0.29) is 5.82 Å². The van der Waals surface area contributed by atoms with Gasteiger partial charge in [0.05, 0.1) is 0 Å². The molecule has 4 rings (SSSR count). The van der Waals surface area contributed by atoms with Gasteiger partial charge in [0.15, 0.2) is 0 Å². The Labute approximate surface area is 160 Å². The van der Waals surface area contributed by atoms with Crippen LogP contribution < -0.4 is 0 Å². The molecule has 1 aromatic carbocycles. The Morgan fingerprint density at radius 2 is 1.69 bits per heavy atom. The Balaban J connectivity index is 1.46. The average molecular weight is 357 g/mol. The van der Waals surface area contributed by atoms with Crippen LogP contribution in [0.25, 0.3) is 0 Å². The van der Waals surface area contributed by atoms with Crippen LogP contribution in [0.1, 0.15) is 101 Å². The lowest BCUT2D eigenvalue weighted by Crippen LogP contribution is -2.30. The van der Waals surface area contributed by atoms with E-state index in [1.165, 1.54) is 81.8 Å². The van der Waals surface area contributed by atoms with Crippen LogP contribution in [0.2, 0.25) is 0 Å². The maximum absolute atomic E-state index is 15.0. The molecule has 0 heterocycles. The molecule has 5 unspecified atom stereocenters. The third-order valence-corrected chi connectivity index (χ3v) is 8.09. The van der Waals surface area contributed by atoms with Crippen LogP contribution in [-0.2, 0) is 12.8 Å². The molecule has 26 heavy (non-hydrogen) atoms. The van der Waals surface area contributed by atoms with Crippen molar-refractivity contribution in [2.75, 3.05) is 0 Å². The number of benzene rings is 1. The molecule has 0 N–H and O–H groups in total. The van der Waals surface area contributed by atoms with Crippen LogP contribution in [-0.4, -0.2) is 0 Å². The quantitative estimate of drug-likeness (QED) is 0.526. The number of hydrogen-bond acceptors (Lipinski definition) is 0. The third kappa shape index (κ3) is 3.73. The summed E-state index contributed by atoms with van der Waals surface area (Å²) >= 11 is 0. The van der Waals surface area contributed by atoms with Gasteiger partial charge in [0.25, 0.3) is 0 Å². The molecule has 0 radical (unpaired) electrons. The van der Waals surface area contributed by atoms with Gasteiger partial charge < -0.3 is 0 Å². The minimum atomic E-state index is 0.101. The normalized spacial score (nSPS) is 34.2. The summed E-state index contributed by atoms with van der Waals surface area (Å²) in [4.78, 5) is 0. The van der Waals surface area contributed by atoms with Gasteiger partial charge in [-0.2, -0.15) is 0 Å². The van der Waals surface area contributed by atoms with Crippen molar-refractivity contribution < 1.29 is 4.39 Å². The first kappa shape index (κ1) is 18.5. The van der Waals surface area contributed by atoms with Crippen LogP contribution >= 0.6 is 0 Å². The lowest BCUT2D eigenvalue weighted by Gasteiger charge is -2.42. The van der Waals surface area contributed by atoms with Gasteiger partial charge in [0.1, 0.15) is 5.82 Å². The number of fused-ring (bicyclic) bond motifs is 2. The lowest BCUT2D eigenvalue weighted by molar-refractivity contribution is 0.113. The third-order valence-electron chi connectivity index (χ3n) is 8.09. The van der Waals surface area contributed by atoms with Gasteiger partial charge in [-0.25, -0.2) is 4.39 Å². The Morgan fingerprint density at radius 1 is 0.885 bits per heavy atom. The second-order valence-corrected chi connectivity index (χ2v) is 9.66. The van der Waals surface area contributed by atoms with Gasteiger partial charge in [0.2, 0.25) is 0 Å². The van der Waals surface area contributed by atoms with Gasteiger partial charge in [0, 0.05) is 0 Å². The minimum absolute atomic E-state index is 0.101. The van der Waals surface area contributed by atoms with Crippen LogP contribution in [0, 0.1) is 29.5 Å². The summed E-state index contributed by atoms with van der Waals surface area (Å²) in [5, 5.41) is 0. The summed E-state index contributed by atoms with van der Waals surface area (Å²) in [6.07, 6.45) is 15.6. The first-order chi connectivity index (χ1) is 12.7. The van der Waals surface area contributed by atoms with E-state index in [1.54, 1.807) is 0 Å². The topological polar surface area (TPSA) is 0 Å². The molecule has 1 aromatic rings. The molecular weight excluding hydrogens is 319 g/mol. The fourth-order valence-corrected chi connectivity index (χ4v) is 6.47. The first-order valence-corrected chi connectivity index (χ1v) is 11.5. The van der Waals surface area contributed by atoms with E-state index in [0.717, 1.165) is 35.7 Å². The molecule has 0 amide bonds. The zero-order chi connectivity index (χ0) is 18.1. The van der Waals surface area contributed by atoms with Gasteiger partial charge in [-0.1, -0.05) is 45.6 Å². The van der Waals surface area contributed by atoms with Crippen molar-refractivity contribution in [2.45, 2.75) is 96.8 Å². The fourth-order valence-electron chi connectivity index (χ4n) is 6.47. The predicted octanol–water partition coefficient (Wildman–Crippen LogP) is 7.44. The van der Waals surface area contributed by atoms with Crippen LogP contribution in [0.4, 0.5) is 4.39 Å². The van der Waals surface area contributed by atoms with E-state index >= 15 is 0 Å². The molecule has 0 bridgehead atoms. The molecule has 0 saturated heterocycles. The molecule has 5 atom stereocenters. The second-order valence-electron chi connectivity index (χ2n) is 9.66. The molecule has 3 aliphatic carbocycles. The summed E-state index contributed by atoms with van der Waals surface area (Å²) in [6, 6.07) is 4.20. The van der Waals surface area contributed by atoms with E-state index in [9.17, 15) is 4.39 Å².